The molecule has 5 nitrogen and oxygen atoms in total. The molecule has 1 aliphatic carbocycles. The van der Waals surface area contributed by atoms with Crippen molar-refractivity contribution in [3.63, 3.8) is 0 Å². The summed E-state index contributed by atoms with van der Waals surface area (Å²) in [6.45, 7) is 3.85. The van der Waals surface area contributed by atoms with Crippen molar-refractivity contribution in [3.8, 4) is 5.75 Å². The molecular formula is C25H30N2O3. The van der Waals surface area contributed by atoms with Gasteiger partial charge in [0.1, 0.15) is 0 Å². The van der Waals surface area contributed by atoms with Crippen LogP contribution in [0.4, 0.5) is 5.69 Å². The van der Waals surface area contributed by atoms with Crippen LogP contribution in [0.25, 0.3) is 0 Å². The summed E-state index contributed by atoms with van der Waals surface area (Å²) in [6, 6.07) is 12.7. The number of aryl methyl sites for hydroxylation is 1. The fourth-order valence-electron chi connectivity index (χ4n) is 5.10. The number of hydrogen-bond acceptors (Lipinski definition) is 4. The average molecular weight is 407 g/mol. The average Bonchev–Trinajstić information content (AvgIpc) is 3.05. The molecule has 1 fully saturated rings. The van der Waals surface area contributed by atoms with Gasteiger partial charge in [-0.25, -0.2) is 0 Å². The Morgan fingerprint density at radius 3 is 2.60 bits per heavy atom. The maximum absolute atomic E-state index is 13.1. The van der Waals surface area contributed by atoms with Gasteiger partial charge < -0.3 is 14.7 Å². The highest BCUT2D eigenvalue weighted by molar-refractivity contribution is 5.79. The molecule has 5 heteroatoms. The Bertz CT molecular complexity index is 919. The highest BCUT2D eigenvalue weighted by Gasteiger charge is 2.25. The normalized spacial score (nSPS) is 18.8. The van der Waals surface area contributed by atoms with Gasteiger partial charge >= 0.3 is 0 Å². The molecule has 0 unspecified atom stereocenters. The second kappa shape index (κ2) is 8.68. The van der Waals surface area contributed by atoms with E-state index in [1.54, 1.807) is 0 Å². The minimum Gasteiger partial charge on any atom is -0.368 e. The number of hydrogen-bond donors (Lipinski definition) is 0. The van der Waals surface area contributed by atoms with Gasteiger partial charge in [0, 0.05) is 43.9 Å². The molecule has 5 rings (SSSR count). The van der Waals surface area contributed by atoms with Crippen LogP contribution >= 0.6 is 0 Å². The summed E-state index contributed by atoms with van der Waals surface area (Å²) in [5.41, 5.74) is 6.59. The van der Waals surface area contributed by atoms with Crippen LogP contribution in [0.3, 0.4) is 0 Å². The van der Waals surface area contributed by atoms with Crippen molar-refractivity contribution in [1.29, 1.82) is 0 Å². The predicted octanol–water partition coefficient (Wildman–Crippen LogP) is 3.71. The summed E-state index contributed by atoms with van der Waals surface area (Å²) in [5, 5.41) is 0. The lowest BCUT2D eigenvalue weighted by atomic mass is 9.95. The Kier molecular flexibility index (Phi) is 5.63. The molecular weight excluding hydrogens is 376 g/mol. The molecule has 0 spiro atoms. The van der Waals surface area contributed by atoms with Crippen molar-refractivity contribution in [2.45, 2.75) is 44.9 Å². The van der Waals surface area contributed by atoms with Crippen molar-refractivity contribution in [2.75, 3.05) is 37.7 Å². The van der Waals surface area contributed by atoms with Crippen LogP contribution in [-0.4, -0.2) is 43.6 Å². The monoisotopic (exact) mass is 406 g/mol. The summed E-state index contributed by atoms with van der Waals surface area (Å²) in [7, 11) is 0. The van der Waals surface area contributed by atoms with E-state index < -0.39 is 0 Å². The number of fused-ring (bicyclic) bond motifs is 2. The molecule has 3 aliphatic rings. The zero-order valence-corrected chi connectivity index (χ0v) is 17.6. The first-order valence-electron chi connectivity index (χ1n) is 11.3. The quantitative estimate of drug-likeness (QED) is 0.576. The highest BCUT2D eigenvalue weighted by Crippen LogP contribution is 2.33. The first kappa shape index (κ1) is 19.4. The lowest BCUT2D eigenvalue weighted by molar-refractivity contribution is -0.215. The molecule has 2 aromatic rings. The van der Waals surface area contributed by atoms with Crippen molar-refractivity contribution < 1.29 is 14.6 Å². The van der Waals surface area contributed by atoms with Crippen LogP contribution in [0, 0.1) is 0 Å². The Balaban J connectivity index is 1.24. The molecule has 0 saturated carbocycles. The summed E-state index contributed by atoms with van der Waals surface area (Å²) in [5.74, 6) is 1.08. The minimum absolute atomic E-state index is 0.263. The van der Waals surface area contributed by atoms with Gasteiger partial charge in [-0.05, 0) is 54.5 Å². The minimum atomic E-state index is 0.263. The highest BCUT2D eigenvalue weighted by atomic mass is 17.2. The van der Waals surface area contributed by atoms with Gasteiger partial charge in [-0.1, -0.05) is 30.7 Å². The van der Waals surface area contributed by atoms with Crippen LogP contribution in [0.2, 0.25) is 0 Å². The van der Waals surface area contributed by atoms with E-state index in [1.807, 2.05) is 17.0 Å². The molecule has 0 N–H and O–H groups in total. The first-order chi connectivity index (χ1) is 14.8. The van der Waals surface area contributed by atoms with Crippen LogP contribution < -0.4 is 9.79 Å². The molecule has 0 radical (unpaired) electrons. The lowest BCUT2D eigenvalue weighted by Crippen LogP contribution is -2.49. The van der Waals surface area contributed by atoms with E-state index in [4.69, 9.17) is 9.78 Å². The number of amides is 1. The maximum Gasteiger partial charge on any atom is 0.227 e. The SMILES string of the molecule is O=C(Cc1cccc2c1CCCCC2)N1CCN(c2cccc3c2CCOO3)CC1. The molecule has 1 saturated heterocycles. The van der Waals surface area contributed by atoms with Crippen LogP contribution in [-0.2, 0) is 35.4 Å². The smallest absolute Gasteiger partial charge is 0.227 e. The van der Waals surface area contributed by atoms with E-state index in [2.05, 4.69) is 29.2 Å². The van der Waals surface area contributed by atoms with Crippen LogP contribution in [0.1, 0.15) is 41.5 Å². The number of anilines is 1. The summed E-state index contributed by atoms with van der Waals surface area (Å²) in [4.78, 5) is 28.0. The summed E-state index contributed by atoms with van der Waals surface area (Å²) < 4.78 is 0. The molecule has 30 heavy (non-hydrogen) atoms. The van der Waals surface area contributed by atoms with Gasteiger partial charge in [0.25, 0.3) is 0 Å². The van der Waals surface area contributed by atoms with Crippen molar-refractivity contribution in [1.82, 2.24) is 4.90 Å². The number of carbonyl (C=O) groups is 1. The Morgan fingerprint density at radius 2 is 1.70 bits per heavy atom. The molecule has 0 atom stereocenters. The number of benzene rings is 2. The third-order valence-corrected chi connectivity index (χ3v) is 6.75. The number of rotatable bonds is 3. The van der Waals surface area contributed by atoms with E-state index in [9.17, 15) is 4.79 Å². The Hall–Kier alpha value is -2.53. The number of nitrogens with zero attached hydrogens (tertiary/aromatic N) is 2. The van der Waals surface area contributed by atoms with Gasteiger partial charge in [-0.15, -0.1) is 0 Å². The molecule has 1 amide bonds. The van der Waals surface area contributed by atoms with Gasteiger partial charge in [0.2, 0.25) is 5.91 Å². The molecule has 0 aromatic heterocycles. The van der Waals surface area contributed by atoms with Gasteiger partial charge in [-0.2, -0.15) is 4.89 Å². The zero-order chi connectivity index (χ0) is 20.3. The van der Waals surface area contributed by atoms with E-state index in [-0.39, 0.29) is 5.91 Å². The van der Waals surface area contributed by atoms with Crippen molar-refractivity contribution in [2.24, 2.45) is 0 Å². The summed E-state index contributed by atoms with van der Waals surface area (Å²) >= 11 is 0. The van der Waals surface area contributed by atoms with Crippen molar-refractivity contribution in [3.05, 3.63) is 58.7 Å². The van der Waals surface area contributed by atoms with Gasteiger partial charge in [-0.3, -0.25) is 4.79 Å². The summed E-state index contributed by atoms with van der Waals surface area (Å²) in [6.07, 6.45) is 7.49. The van der Waals surface area contributed by atoms with E-state index in [0.717, 1.165) is 51.2 Å². The van der Waals surface area contributed by atoms with E-state index in [1.165, 1.54) is 47.2 Å². The second-order valence-corrected chi connectivity index (χ2v) is 8.57. The third kappa shape index (κ3) is 3.91. The number of piperazine rings is 1. The molecule has 2 aromatic carbocycles. The predicted molar refractivity (Wildman–Crippen MR) is 117 cm³/mol. The Labute approximate surface area is 178 Å². The molecule has 0 bridgehead atoms. The largest absolute Gasteiger partial charge is 0.368 e. The first-order valence-corrected chi connectivity index (χ1v) is 11.3. The fourth-order valence-corrected chi connectivity index (χ4v) is 5.10. The topological polar surface area (TPSA) is 42.0 Å². The molecule has 2 aliphatic heterocycles. The standard InChI is InChI=1S/C25H30N2O3/c28-25(18-20-8-4-7-19-6-2-1-3-9-21(19)20)27-15-13-26(14-16-27)23-10-5-11-24-22(23)12-17-29-30-24/h4-5,7-8,10-11H,1-3,6,9,12-18H2. The fraction of sp³-hybridized carbons (Fsp3) is 0.480. The van der Waals surface area contributed by atoms with Crippen LogP contribution in [0.15, 0.2) is 36.4 Å². The maximum atomic E-state index is 13.1. The second-order valence-electron chi connectivity index (χ2n) is 8.57. The van der Waals surface area contributed by atoms with Gasteiger partial charge in [0.15, 0.2) is 5.75 Å². The molecule has 2 heterocycles. The van der Waals surface area contributed by atoms with Crippen molar-refractivity contribution >= 4 is 11.6 Å². The molecule has 158 valence electrons. The Morgan fingerprint density at radius 1 is 0.867 bits per heavy atom. The van der Waals surface area contributed by atoms with Crippen LogP contribution in [0.5, 0.6) is 5.75 Å². The lowest BCUT2D eigenvalue weighted by Gasteiger charge is -2.37. The van der Waals surface area contributed by atoms with Gasteiger partial charge in [0.05, 0.1) is 13.0 Å². The number of carbonyl (C=O) groups excluding carboxylic acids is 1. The third-order valence-electron chi connectivity index (χ3n) is 6.75. The van der Waals surface area contributed by atoms with E-state index >= 15 is 0 Å². The van der Waals surface area contributed by atoms with E-state index in [0.29, 0.717) is 13.0 Å². The zero-order valence-electron chi connectivity index (χ0n) is 17.6.